The number of hydrogen-bond donors (Lipinski definition) is 2. The van der Waals surface area contributed by atoms with Gasteiger partial charge in [0.15, 0.2) is 9.84 Å². The molecule has 3 fully saturated rings. The van der Waals surface area contributed by atoms with Crippen LogP contribution in [-0.4, -0.2) is 37.9 Å². The molecule has 18 heavy (non-hydrogen) atoms. The van der Waals surface area contributed by atoms with Gasteiger partial charge in [-0.15, -0.1) is 0 Å². The zero-order valence-electron chi connectivity index (χ0n) is 10.3. The van der Waals surface area contributed by atoms with Crippen molar-refractivity contribution in [2.45, 2.75) is 37.8 Å². The molecule has 2 aliphatic carbocycles. The first-order chi connectivity index (χ1) is 8.46. The van der Waals surface area contributed by atoms with Gasteiger partial charge < -0.3 is 11.1 Å². The smallest absolute Gasteiger partial charge is 0.225 e. The number of carbonyl (C=O) groups excluding carboxylic acids is 1. The Morgan fingerprint density at radius 3 is 2.44 bits per heavy atom. The molecule has 0 aromatic heterocycles. The largest absolute Gasteiger partial charge is 0.352 e. The lowest BCUT2D eigenvalue weighted by atomic mass is 9.84. The molecule has 5 atom stereocenters. The van der Waals surface area contributed by atoms with Gasteiger partial charge in [-0.2, -0.15) is 0 Å². The van der Waals surface area contributed by atoms with Gasteiger partial charge >= 0.3 is 0 Å². The highest BCUT2D eigenvalue weighted by Crippen LogP contribution is 2.47. The molecule has 0 radical (unpaired) electrons. The number of sulfone groups is 1. The first-order valence-corrected chi connectivity index (χ1v) is 8.55. The molecule has 1 saturated heterocycles. The van der Waals surface area contributed by atoms with E-state index in [4.69, 9.17) is 5.73 Å². The van der Waals surface area contributed by atoms with E-state index in [0.29, 0.717) is 18.3 Å². The van der Waals surface area contributed by atoms with Gasteiger partial charge in [0.2, 0.25) is 5.91 Å². The molecule has 0 spiro atoms. The zero-order valence-corrected chi connectivity index (χ0v) is 11.2. The summed E-state index contributed by atoms with van der Waals surface area (Å²) in [6.07, 6.45) is 3.86. The van der Waals surface area contributed by atoms with Crippen molar-refractivity contribution in [2.24, 2.45) is 23.5 Å². The molecule has 5 nitrogen and oxygen atoms in total. The minimum Gasteiger partial charge on any atom is -0.352 e. The molecular formula is C12H20N2O3S. The summed E-state index contributed by atoms with van der Waals surface area (Å²) >= 11 is 0. The van der Waals surface area contributed by atoms with E-state index in [-0.39, 0.29) is 35.4 Å². The number of fused-ring (bicyclic) bond motifs is 2. The lowest BCUT2D eigenvalue weighted by molar-refractivity contribution is -0.127. The van der Waals surface area contributed by atoms with Crippen LogP contribution in [0, 0.1) is 17.8 Å². The summed E-state index contributed by atoms with van der Waals surface area (Å²) in [6.45, 7) is 0. The molecule has 3 aliphatic rings. The summed E-state index contributed by atoms with van der Waals surface area (Å²) in [5, 5.41) is 2.89. The Hall–Kier alpha value is -0.620. The third-order valence-corrected chi connectivity index (χ3v) is 6.63. The van der Waals surface area contributed by atoms with Gasteiger partial charge in [-0.05, 0) is 37.5 Å². The van der Waals surface area contributed by atoms with Crippen LogP contribution in [0.4, 0.5) is 0 Å². The van der Waals surface area contributed by atoms with Gasteiger partial charge in [-0.25, -0.2) is 8.42 Å². The van der Waals surface area contributed by atoms with Crippen molar-refractivity contribution >= 4 is 15.7 Å². The van der Waals surface area contributed by atoms with E-state index >= 15 is 0 Å². The Kier molecular flexibility index (Phi) is 2.90. The molecular weight excluding hydrogens is 252 g/mol. The lowest BCUT2D eigenvalue weighted by Gasteiger charge is -2.28. The summed E-state index contributed by atoms with van der Waals surface area (Å²) in [7, 11) is -2.93. The topological polar surface area (TPSA) is 89.3 Å². The molecule has 0 aromatic rings. The third-order valence-electron chi connectivity index (χ3n) is 4.86. The van der Waals surface area contributed by atoms with Gasteiger partial charge in [0.05, 0.1) is 17.4 Å². The molecule has 102 valence electrons. The van der Waals surface area contributed by atoms with Gasteiger partial charge in [-0.1, -0.05) is 0 Å². The van der Waals surface area contributed by atoms with Crippen LogP contribution in [0.25, 0.3) is 0 Å². The fraction of sp³-hybridized carbons (Fsp3) is 0.917. The molecule has 1 aliphatic heterocycles. The Balaban J connectivity index is 1.62. The Labute approximate surface area is 107 Å². The van der Waals surface area contributed by atoms with Crippen molar-refractivity contribution in [1.29, 1.82) is 0 Å². The highest BCUT2D eigenvalue weighted by atomic mass is 32.2. The Morgan fingerprint density at radius 2 is 1.89 bits per heavy atom. The van der Waals surface area contributed by atoms with E-state index in [1.165, 1.54) is 0 Å². The maximum Gasteiger partial charge on any atom is 0.225 e. The van der Waals surface area contributed by atoms with Crippen molar-refractivity contribution in [1.82, 2.24) is 5.32 Å². The lowest BCUT2D eigenvalue weighted by Crippen LogP contribution is -2.48. The van der Waals surface area contributed by atoms with Crippen molar-refractivity contribution in [3.05, 3.63) is 0 Å². The first-order valence-electron chi connectivity index (χ1n) is 6.72. The highest BCUT2D eigenvalue weighted by molar-refractivity contribution is 7.91. The van der Waals surface area contributed by atoms with Crippen molar-refractivity contribution in [3.8, 4) is 0 Å². The number of nitrogens with two attached hydrogens (primary N) is 1. The monoisotopic (exact) mass is 272 g/mol. The second kappa shape index (κ2) is 4.20. The van der Waals surface area contributed by atoms with Crippen LogP contribution in [-0.2, 0) is 14.6 Å². The summed E-state index contributed by atoms with van der Waals surface area (Å²) in [4.78, 5) is 12.2. The average molecular weight is 272 g/mol. The number of hydrogen-bond acceptors (Lipinski definition) is 4. The van der Waals surface area contributed by atoms with E-state index in [2.05, 4.69) is 5.32 Å². The first kappa shape index (κ1) is 12.4. The molecule has 5 unspecified atom stereocenters. The fourth-order valence-electron chi connectivity index (χ4n) is 3.93. The van der Waals surface area contributed by atoms with E-state index in [9.17, 15) is 13.2 Å². The number of rotatable bonds is 2. The summed E-state index contributed by atoms with van der Waals surface area (Å²) in [6, 6.07) is -0.226. The van der Waals surface area contributed by atoms with Gasteiger partial charge in [0.1, 0.15) is 0 Å². The summed E-state index contributed by atoms with van der Waals surface area (Å²) in [5.74, 6) is 1.10. The number of carbonyl (C=O) groups is 1. The van der Waals surface area contributed by atoms with Crippen molar-refractivity contribution in [2.75, 3.05) is 11.5 Å². The van der Waals surface area contributed by atoms with Crippen LogP contribution in [0.2, 0.25) is 0 Å². The maximum absolute atomic E-state index is 12.2. The molecule has 1 amide bonds. The fourth-order valence-corrected chi connectivity index (χ4v) is 5.60. The molecule has 3 N–H and O–H groups in total. The molecule has 0 aromatic carbocycles. The Bertz CT molecular complexity index is 460. The van der Waals surface area contributed by atoms with Crippen LogP contribution >= 0.6 is 0 Å². The van der Waals surface area contributed by atoms with Gasteiger partial charge in [-0.3, -0.25) is 4.79 Å². The summed E-state index contributed by atoms with van der Waals surface area (Å²) in [5.41, 5.74) is 6.11. The molecule has 2 saturated carbocycles. The van der Waals surface area contributed by atoms with E-state index < -0.39 is 9.84 Å². The zero-order chi connectivity index (χ0) is 12.9. The van der Waals surface area contributed by atoms with Crippen LogP contribution < -0.4 is 11.1 Å². The number of nitrogens with one attached hydrogen (secondary N) is 1. The minimum absolute atomic E-state index is 0.0169. The van der Waals surface area contributed by atoms with Crippen LogP contribution in [0.1, 0.15) is 25.7 Å². The third kappa shape index (κ3) is 2.05. The normalized spacial score (nSPS) is 45.3. The second-order valence-electron chi connectivity index (χ2n) is 6.04. The SMILES string of the molecule is NC1C2CCC(C2)C1C(=O)NC1CCS(=O)(=O)C1. The van der Waals surface area contributed by atoms with E-state index in [1.807, 2.05) is 0 Å². The number of amides is 1. The van der Waals surface area contributed by atoms with Gasteiger partial charge in [0, 0.05) is 12.1 Å². The molecule has 2 bridgehead atoms. The predicted molar refractivity (Wildman–Crippen MR) is 67.5 cm³/mol. The van der Waals surface area contributed by atoms with E-state index in [0.717, 1.165) is 19.3 Å². The molecule has 3 rings (SSSR count). The second-order valence-corrected chi connectivity index (χ2v) is 8.27. The van der Waals surface area contributed by atoms with E-state index in [1.54, 1.807) is 0 Å². The molecule has 6 heteroatoms. The standard InChI is InChI=1S/C12H20N2O3S/c13-11-8-2-1-7(5-8)10(11)12(15)14-9-3-4-18(16,17)6-9/h7-11H,1-6,13H2,(H,14,15). The highest BCUT2D eigenvalue weighted by Gasteiger charge is 2.49. The average Bonchev–Trinajstić information content (AvgIpc) is 2.93. The molecule has 1 heterocycles. The minimum atomic E-state index is -2.93. The Morgan fingerprint density at radius 1 is 1.17 bits per heavy atom. The quantitative estimate of drug-likeness (QED) is 0.720. The maximum atomic E-state index is 12.2. The van der Waals surface area contributed by atoms with Crippen molar-refractivity contribution < 1.29 is 13.2 Å². The van der Waals surface area contributed by atoms with Crippen LogP contribution in [0.3, 0.4) is 0 Å². The van der Waals surface area contributed by atoms with Crippen LogP contribution in [0.5, 0.6) is 0 Å². The van der Waals surface area contributed by atoms with Crippen molar-refractivity contribution in [3.63, 3.8) is 0 Å². The summed E-state index contributed by atoms with van der Waals surface area (Å²) < 4.78 is 22.7. The van der Waals surface area contributed by atoms with Crippen LogP contribution in [0.15, 0.2) is 0 Å². The van der Waals surface area contributed by atoms with Gasteiger partial charge in [0.25, 0.3) is 0 Å². The predicted octanol–water partition coefficient (Wildman–Crippen LogP) is -0.337.